The van der Waals surface area contributed by atoms with Crippen LogP contribution in [0, 0.1) is 0 Å². The molecular weight excluding hydrogens is 410 g/mol. The maximum absolute atomic E-state index is 12.9. The van der Waals surface area contributed by atoms with E-state index < -0.39 is 17.6 Å². The Bertz CT molecular complexity index is 949. The predicted molar refractivity (Wildman–Crippen MR) is 132 cm³/mol. The molecule has 0 aliphatic heterocycles. The van der Waals surface area contributed by atoms with Gasteiger partial charge in [-0.2, -0.15) is 0 Å². The van der Waals surface area contributed by atoms with E-state index in [1.807, 2.05) is 97.1 Å². The van der Waals surface area contributed by atoms with Crippen molar-refractivity contribution in [2.75, 3.05) is 7.11 Å². The van der Waals surface area contributed by atoms with E-state index in [1.165, 1.54) is 7.11 Å². The van der Waals surface area contributed by atoms with Crippen LogP contribution in [0.3, 0.4) is 0 Å². The van der Waals surface area contributed by atoms with E-state index in [9.17, 15) is 9.59 Å². The Balaban J connectivity index is 2.15. The SMILES string of the molecule is CCC/C=C/C(=O)C[C@H](NC(c1ccccc1)(c1ccccc1)c1ccccc1)C(=O)OC. The zero-order valence-corrected chi connectivity index (χ0v) is 19.2. The minimum atomic E-state index is -0.865. The summed E-state index contributed by atoms with van der Waals surface area (Å²) in [5.41, 5.74) is 2.02. The first-order valence-electron chi connectivity index (χ1n) is 11.3. The van der Waals surface area contributed by atoms with Crippen molar-refractivity contribution in [3.05, 3.63) is 120 Å². The Morgan fingerprint density at radius 2 is 1.30 bits per heavy atom. The number of allylic oxidation sites excluding steroid dienone is 2. The van der Waals surface area contributed by atoms with Crippen LogP contribution in [0.2, 0.25) is 0 Å². The van der Waals surface area contributed by atoms with E-state index >= 15 is 0 Å². The van der Waals surface area contributed by atoms with Gasteiger partial charge in [0.1, 0.15) is 6.04 Å². The van der Waals surface area contributed by atoms with Crippen LogP contribution in [0.1, 0.15) is 42.9 Å². The van der Waals surface area contributed by atoms with Crippen molar-refractivity contribution in [1.29, 1.82) is 0 Å². The molecule has 0 fully saturated rings. The van der Waals surface area contributed by atoms with E-state index in [-0.39, 0.29) is 12.2 Å². The van der Waals surface area contributed by atoms with Gasteiger partial charge >= 0.3 is 5.97 Å². The smallest absolute Gasteiger partial charge is 0.323 e. The number of hydrogen-bond acceptors (Lipinski definition) is 4. The maximum Gasteiger partial charge on any atom is 0.323 e. The number of methoxy groups -OCH3 is 1. The molecular formula is C29H31NO3. The average Bonchev–Trinajstić information content (AvgIpc) is 2.88. The largest absolute Gasteiger partial charge is 0.468 e. The van der Waals surface area contributed by atoms with Crippen LogP contribution in [0.25, 0.3) is 0 Å². The minimum Gasteiger partial charge on any atom is -0.468 e. The number of carbonyl (C=O) groups is 2. The van der Waals surface area contributed by atoms with E-state index in [2.05, 4.69) is 12.2 Å². The van der Waals surface area contributed by atoms with Crippen molar-refractivity contribution < 1.29 is 14.3 Å². The number of hydrogen-bond donors (Lipinski definition) is 1. The number of ether oxygens (including phenoxy) is 1. The number of carbonyl (C=O) groups excluding carboxylic acids is 2. The van der Waals surface area contributed by atoms with Gasteiger partial charge in [0.2, 0.25) is 0 Å². The van der Waals surface area contributed by atoms with Gasteiger partial charge in [-0.25, -0.2) is 0 Å². The normalized spacial score (nSPS) is 12.4. The molecule has 1 atom stereocenters. The second kappa shape index (κ2) is 11.9. The van der Waals surface area contributed by atoms with Crippen molar-refractivity contribution in [2.24, 2.45) is 0 Å². The van der Waals surface area contributed by atoms with Gasteiger partial charge in [-0.15, -0.1) is 0 Å². The quantitative estimate of drug-likeness (QED) is 0.245. The number of unbranched alkanes of at least 4 members (excludes halogenated alkanes) is 1. The van der Waals surface area contributed by atoms with Gasteiger partial charge < -0.3 is 4.74 Å². The minimum absolute atomic E-state index is 0.00113. The summed E-state index contributed by atoms with van der Waals surface area (Å²) in [6.07, 6.45) is 5.21. The molecule has 170 valence electrons. The molecule has 3 aromatic rings. The zero-order chi connectivity index (χ0) is 23.5. The second-order valence-electron chi connectivity index (χ2n) is 7.93. The third kappa shape index (κ3) is 5.85. The fourth-order valence-corrected chi connectivity index (χ4v) is 4.06. The molecule has 33 heavy (non-hydrogen) atoms. The summed E-state index contributed by atoms with van der Waals surface area (Å²) in [5, 5.41) is 3.56. The lowest BCUT2D eigenvalue weighted by molar-refractivity contribution is -0.144. The summed E-state index contributed by atoms with van der Waals surface area (Å²) >= 11 is 0. The van der Waals surface area contributed by atoms with Gasteiger partial charge in [-0.3, -0.25) is 14.9 Å². The van der Waals surface area contributed by atoms with Gasteiger partial charge in [0.05, 0.1) is 12.6 Å². The zero-order valence-electron chi connectivity index (χ0n) is 19.2. The van der Waals surface area contributed by atoms with Crippen molar-refractivity contribution in [1.82, 2.24) is 5.32 Å². The van der Waals surface area contributed by atoms with Crippen molar-refractivity contribution >= 4 is 11.8 Å². The van der Waals surface area contributed by atoms with E-state index in [1.54, 1.807) is 6.08 Å². The summed E-state index contributed by atoms with van der Waals surface area (Å²) in [6, 6.07) is 29.1. The molecule has 0 aliphatic rings. The van der Waals surface area contributed by atoms with Gasteiger partial charge in [0.25, 0.3) is 0 Å². The highest BCUT2D eigenvalue weighted by Gasteiger charge is 2.40. The highest BCUT2D eigenvalue weighted by Crippen LogP contribution is 2.37. The molecule has 0 saturated heterocycles. The lowest BCUT2D eigenvalue weighted by atomic mass is 9.76. The fraction of sp³-hybridized carbons (Fsp3) is 0.241. The third-order valence-electron chi connectivity index (χ3n) is 5.66. The Morgan fingerprint density at radius 1 is 0.848 bits per heavy atom. The summed E-state index contributed by atoms with van der Waals surface area (Å²) in [7, 11) is 1.35. The first kappa shape index (κ1) is 24.1. The molecule has 4 nitrogen and oxygen atoms in total. The number of rotatable bonds is 11. The summed E-state index contributed by atoms with van der Waals surface area (Å²) < 4.78 is 5.11. The molecule has 0 aliphatic carbocycles. The van der Waals surface area contributed by atoms with Crippen LogP contribution in [0.4, 0.5) is 0 Å². The Hall–Kier alpha value is -3.50. The van der Waals surface area contributed by atoms with Crippen molar-refractivity contribution in [3.63, 3.8) is 0 Å². The topological polar surface area (TPSA) is 55.4 Å². The molecule has 0 spiro atoms. The van der Waals surface area contributed by atoms with Gasteiger partial charge in [-0.1, -0.05) is 110 Å². The molecule has 0 radical (unpaired) electrons. The van der Waals surface area contributed by atoms with E-state index in [4.69, 9.17) is 4.74 Å². The number of esters is 1. The Labute approximate surface area is 196 Å². The molecule has 4 heteroatoms. The van der Waals surface area contributed by atoms with Crippen LogP contribution in [-0.4, -0.2) is 24.9 Å². The predicted octanol–water partition coefficient (Wildman–Crippen LogP) is 5.43. The lowest BCUT2D eigenvalue weighted by Gasteiger charge is -2.39. The van der Waals surface area contributed by atoms with Crippen LogP contribution in [0.5, 0.6) is 0 Å². The first-order valence-corrected chi connectivity index (χ1v) is 11.3. The van der Waals surface area contributed by atoms with Gasteiger partial charge in [0, 0.05) is 6.42 Å². The molecule has 3 aromatic carbocycles. The summed E-state index contributed by atoms with van der Waals surface area (Å²) in [4.78, 5) is 25.6. The lowest BCUT2D eigenvalue weighted by Crippen LogP contribution is -2.53. The van der Waals surface area contributed by atoms with Gasteiger partial charge in [0.15, 0.2) is 5.78 Å². The molecule has 0 heterocycles. The molecule has 1 N–H and O–H groups in total. The molecule has 3 rings (SSSR count). The highest BCUT2D eigenvalue weighted by molar-refractivity contribution is 5.93. The standard InChI is InChI=1S/C29H31NO3/c1-3-4-8-21-26(31)22-27(28(32)33-2)30-29(23-15-9-5-10-16-23,24-17-11-6-12-18-24)25-19-13-7-14-20-25/h5-21,27,30H,3-4,22H2,1-2H3/b21-8+/t27-/m0/s1. The van der Waals surface area contributed by atoms with Crippen LogP contribution >= 0.6 is 0 Å². The second-order valence-corrected chi connectivity index (χ2v) is 7.93. The maximum atomic E-state index is 12.9. The molecule has 0 aromatic heterocycles. The first-order chi connectivity index (χ1) is 16.1. The highest BCUT2D eigenvalue weighted by atomic mass is 16.5. The Kier molecular flexibility index (Phi) is 8.73. The van der Waals surface area contributed by atoms with Crippen LogP contribution in [-0.2, 0) is 19.9 Å². The fourth-order valence-electron chi connectivity index (χ4n) is 4.06. The molecule has 0 bridgehead atoms. The number of ketones is 1. The molecule has 0 unspecified atom stereocenters. The number of nitrogens with one attached hydrogen (secondary N) is 1. The monoisotopic (exact) mass is 441 g/mol. The third-order valence-corrected chi connectivity index (χ3v) is 5.66. The molecule has 0 saturated carbocycles. The average molecular weight is 442 g/mol. The van der Waals surface area contributed by atoms with Crippen LogP contribution < -0.4 is 5.32 Å². The molecule has 0 amide bonds. The number of benzene rings is 3. The van der Waals surface area contributed by atoms with E-state index in [0.717, 1.165) is 29.5 Å². The summed E-state index contributed by atoms with van der Waals surface area (Å²) in [5.74, 6) is -0.589. The van der Waals surface area contributed by atoms with Crippen molar-refractivity contribution in [3.8, 4) is 0 Å². The van der Waals surface area contributed by atoms with Crippen molar-refractivity contribution in [2.45, 2.75) is 37.8 Å². The van der Waals surface area contributed by atoms with Gasteiger partial charge in [-0.05, 0) is 29.2 Å². The summed E-state index contributed by atoms with van der Waals surface area (Å²) in [6.45, 7) is 2.06. The van der Waals surface area contributed by atoms with E-state index in [0.29, 0.717) is 0 Å². The van der Waals surface area contributed by atoms with Crippen LogP contribution in [0.15, 0.2) is 103 Å². The Morgan fingerprint density at radius 3 is 1.70 bits per heavy atom.